The molecule has 2 aromatic carbocycles. The lowest BCUT2D eigenvalue weighted by atomic mass is 10.1. The summed E-state index contributed by atoms with van der Waals surface area (Å²) in [6.07, 6.45) is 3.18. The Bertz CT molecular complexity index is 1060. The molecular formula is C23H25NO5. The van der Waals surface area contributed by atoms with E-state index in [-0.39, 0.29) is 5.97 Å². The van der Waals surface area contributed by atoms with E-state index in [2.05, 4.69) is 6.92 Å². The summed E-state index contributed by atoms with van der Waals surface area (Å²) < 4.78 is 16.2. The SMILES string of the molecule is CCCCCC(=O)Oc1cc(N(C)c2cc(=O)oc3ccccc23)ccc1OC. The maximum absolute atomic E-state index is 12.2. The molecule has 3 rings (SSSR count). The molecule has 0 amide bonds. The molecule has 29 heavy (non-hydrogen) atoms. The maximum Gasteiger partial charge on any atom is 0.338 e. The second-order valence-corrected chi connectivity index (χ2v) is 6.77. The largest absolute Gasteiger partial charge is 0.493 e. The van der Waals surface area contributed by atoms with Crippen LogP contribution in [0.2, 0.25) is 0 Å². The van der Waals surface area contributed by atoms with Gasteiger partial charge in [0.1, 0.15) is 5.58 Å². The molecule has 152 valence electrons. The zero-order valence-corrected chi connectivity index (χ0v) is 16.9. The first-order valence-corrected chi connectivity index (χ1v) is 9.68. The first-order valence-electron chi connectivity index (χ1n) is 9.68. The van der Waals surface area contributed by atoms with Gasteiger partial charge in [-0.1, -0.05) is 31.9 Å². The number of rotatable bonds is 8. The molecule has 6 nitrogen and oxygen atoms in total. The molecular weight excluding hydrogens is 370 g/mol. The van der Waals surface area contributed by atoms with Crippen LogP contribution in [0.1, 0.15) is 32.6 Å². The Hall–Kier alpha value is -3.28. The highest BCUT2D eigenvalue weighted by atomic mass is 16.6. The monoisotopic (exact) mass is 395 g/mol. The number of hydrogen-bond donors (Lipinski definition) is 0. The second-order valence-electron chi connectivity index (χ2n) is 6.77. The van der Waals surface area contributed by atoms with Crippen LogP contribution in [0.4, 0.5) is 11.4 Å². The Kier molecular flexibility index (Phi) is 6.54. The van der Waals surface area contributed by atoms with Gasteiger partial charge in [0.15, 0.2) is 11.5 Å². The number of ether oxygens (including phenoxy) is 2. The number of benzene rings is 2. The summed E-state index contributed by atoms with van der Waals surface area (Å²) in [7, 11) is 3.37. The van der Waals surface area contributed by atoms with E-state index in [1.807, 2.05) is 36.2 Å². The first-order chi connectivity index (χ1) is 14.0. The van der Waals surface area contributed by atoms with Crippen molar-refractivity contribution in [2.24, 2.45) is 0 Å². The number of methoxy groups -OCH3 is 1. The van der Waals surface area contributed by atoms with E-state index >= 15 is 0 Å². The highest BCUT2D eigenvalue weighted by Crippen LogP contribution is 2.36. The zero-order chi connectivity index (χ0) is 20.8. The Morgan fingerprint density at radius 1 is 1.07 bits per heavy atom. The molecule has 0 radical (unpaired) electrons. The number of carbonyl (C=O) groups excluding carboxylic acids is 1. The van der Waals surface area contributed by atoms with Gasteiger partial charge in [-0.15, -0.1) is 0 Å². The third kappa shape index (κ3) is 4.77. The Balaban J connectivity index is 1.93. The van der Waals surface area contributed by atoms with Crippen LogP contribution < -0.4 is 20.0 Å². The van der Waals surface area contributed by atoms with Crippen molar-refractivity contribution in [2.75, 3.05) is 19.1 Å². The van der Waals surface area contributed by atoms with Crippen molar-refractivity contribution < 1.29 is 18.7 Å². The van der Waals surface area contributed by atoms with Crippen molar-refractivity contribution in [1.29, 1.82) is 0 Å². The van der Waals surface area contributed by atoms with E-state index in [1.54, 1.807) is 18.2 Å². The summed E-state index contributed by atoms with van der Waals surface area (Å²) in [6, 6.07) is 14.1. The fourth-order valence-corrected chi connectivity index (χ4v) is 3.16. The van der Waals surface area contributed by atoms with Crippen molar-refractivity contribution in [3.63, 3.8) is 0 Å². The van der Waals surface area contributed by atoms with Crippen LogP contribution in [-0.4, -0.2) is 20.1 Å². The third-order valence-corrected chi connectivity index (χ3v) is 4.73. The van der Waals surface area contributed by atoms with Crippen LogP contribution in [0.25, 0.3) is 11.0 Å². The molecule has 0 unspecified atom stereocenters. The molecule has 0 N–H and O–H groups in total. The van der Waals surface area contributed by atoms with Crippen LogP contribution in [0.5, 0.6) is 11.5 Å². The van der Waals surface area contributed by atoms with Crippen molar-refractivity contribution in [3.05, 3.63) is 59.0 Å². The molecule has 0 aliphatic carbocycles. The van der Waals surface area contributed by atoms with Crippen LogP contribution in [0, 0.1) is 0 Å². The lowest BCUT2D eigenvalue weighted by molar-refractivity contribution is -0.134. The lowest BCUT2D eigenvalue weighted by Gasteiger charge is -2.22. The van der Waals surface area contributed by atoms with E-state index in [9.17, 15) is 9.59 Å². The third-order valence-electron chi connectivity index (χ3n) is 4.73. The van der Waals surface area contributed by atoms with E-state index in [4.69, 9.17) is 13.9 Å². The first kappa shape index (κ1) is 20.5. The van der Waals surface area contributed by atoms with E-state index in [1.165, 1.54) is 13.2 Å². The van der Waals surface area contributed by atoms with Gasteiger partial charge in [0.05, 0.1) is 12.8 Å². The topological polar surface area (TPSA) is 69.0 Å². The minimum Gasteiger partial charge on any atom is -0.493 e. The molecule has 0 bridgehead atoms. The van der Waals surface area contributed by atoms with Gasteiger partial charge in [0.2, 0.25) is 0 Å². The normalized spacial score (nSPS) is 10.7. The van der Waals surface area contributed by atoms with Gasteiger partial charge in [0.25, 0.3) is 0 Å². The minimum absolute atomic E-state index is 0.289. The zero-order valence-electron chi connectivity index (χ0n) is 16.9. The molecule has 3 aromatic rings. The molecule has 0 saturated heterocycles. The summed E-state index contributed by atoms with van der Waals surface area (Å²) in [5, 5.41) is 0.809. The number of fused-ring (bicyclic) bond motifs is 1. The lowest BCUT2D eigenvalue weighted by Crippen LogP contribution is -2.14. The molecule has 1 aromatic heterocycles. The number of nitrogens with zero attached hydrogens (tertiary/aromatic N) is 1. The molecule has 0 aliphatic heterocycles. The van der Waals surface area contributed by atoms with Crippen molar-refractivity contribution in [2.45, 2.75) is 32.6 Å². The smallest absolute Gasteiger partial charge is 0.338 e. The van der Waals surface area contributed by atoms with Gasteiger partial charge in [-0.2, -0.15) is 0 Å². The van der Waals surface area contributed by atoms with Crippen LogP contribution >= 0.6 is 0 Å². The van der Waals surface area contributed by atoms with Crippen LogP contribution in [0.3, 0.4) is 0 Å². The molecule has 0 fully saturated rings. The number of para-hydroxylation sites is 1. The molecule has 0 aliphatic rings. The molecule has 0 atom stereocenters. The van der Waals surface area contributed by atoms with Crippen molar-refractivity contribution in [3.8, 4) is 11.5 Å². The van der Waals surface area contributed by atoms with E-state index < -0.39 is 5.63 Å². The summed E-state index contributed by atoms with van der Waals surface area (Å²) in [5.41, 5.74) is 1.53. The number of unbranched alkanes of at least 4 members (excludes halogenated alkanes) is 2. The predicted octanol–water partition coefficient (Wildman–Crippen LogP) is 5.06. The highest BCUT2D eigenvalue weighted by Gasteiger charge is 2.16. The molecule has 0 spiro atoms. The van der Waals surface area contributed by atoms with E-state index in [0.29, 0.717) is 29.2 Å². The summed E-state index contributed by atoms with van der Waals surface area (Å²) in [6.45, 7) is 2.08. The molecule has 6 heteroatoms. The van der Waals surface area contributed by atoms with Crippen LogP contribution in [0.15, 0.2) is 57.7 Å². The van der Waals surface area contributed by atoms with Crippen molar-refractivity contribution >= 4 is 28.3 Å². The van der Waals surface area contributed by atoms with Gasteiger partial charge in [-0.25, -0.2) is 4.79 Å². The fraction of sp³-hybridized carbons (Fsp3) is 0.304. The number of carbonyl (C=O) groups is 1. The fourth-order valence-electron chi connectivity index (χ4n) is 3.16. The average Bonchev–Trinajstić information content (AvgIpc) is 2.72. The standard InChI is InChI=1S/C23H25NO5/c1-4-5-6-11-22(25)29-21-14-16(12-13-20(21)27-3)24(2)18-15-23(26)28-19-10-8-7-9-17(18)19/h7-10,12-15H,4-6,11H2,1-3H3. The Labute approximate surface area is 169 Å². The minimum atomic E-state index is -0.429. The molecule has 1 heterocycles. The van der Waals surface area contributed by atoms with E-state index in [0.717, 1.165) is 30.3 Å². The molecule has 0 saturated carbocycles. The Morgan fingerprint density at radius 3 is 2.62 bits per heavy atom. The number of hydrogen-bond acceptors (Lipinski definition) is 6. The quantitative estimate of drug-likeness (QED) is 0.230. The highest BCUT2D eigenvalue weighted by molar-refractivity contribution is 5.92. The number of anilines is 2. The van der Waals surface area contributed by atoms with Crippen LogP contribution in [-0.2, 0) is 4.79 Å². The number of esters is 1. The van der Waals surface area contributed by atoms with Gasteiger partial charge in [-0.05, 0) is 30.7 Å². The average molecular weight is 395 g/mol. The Morgan fingerprint density at radius 2 is 1.86 bits per heavy atom. The van der Waals surface area contributed by atoms with Crippen molar-refractivity contribution in [1.82, 2.24) is 0 Å². The van der Waals surface area contributed by atoms with Gasteiger partial charge in [-0.3, -0.25) is 4.79 Å². The summed E-state index contributed by atoms with van der Waals surface area (Å²) in [5.74, 6) is 0.538. The summed E-state index contributed by atoms with van der Waals surface area (Å²) >= 11 is 0. The maximum atomic E-state index is 12.2. The predicted molar refractivity (Wildman–Crippen MR) is 113 cm³/mol. The summed E-state index contributed by atoms with van der Waals surface area (Å²) in [4.78, 5) is 26.0. The second kappa shape index (κ2) is 9.28. The van der Waals surface area contributed by atoms with Gasteiger partial charge < -0.3 is 18.8 Å². The van der Waals surface area contributed by atoms with Gasteiger partial charge in [0, 0.05) is 36.7 Å². The van der Waals surface area contributed by atoms with Gasteiger partial charge >= 0.3 is 11.6 Å².